The van der Waals surface area contributed by atoms with Gasteiger partial charge in [0.05, 0.1) is 18.4 Å². The Labute approximate surface area is 143 Å². The highest BCUT2D eigenvalue weighted by atomic mass is 16.5. The molecular weight excluding hydrogens is 322 g/mol. The van der Waals surface area contributed by atoms with Crippen LogP contribution < -0.4 is 5.32 Å². The highest BCUT2D eigenvalue weighted by molar-refractivity contribution is 6.08. The molecule has 1 N–H and O–H groups in total. The molecule has 0 radical (unpaired) electrons. The maximum absolute atomic E-state index is 12.4. The van der Waals surface area contributed by atoms with Crippen molar-refractivity contribution in [2.45, 2.75) is 6.92 Å². The van der Waals surface area contributed by atoms with Crippen LogP contribution in [0.4, 0.5) is 5.69 Å². The minimum Gasteiger partial charge on any atom is -0.465 e. The fourth-order valence-corrected chi connectivity index (χ4v) is 2.25. The van der Waals surface area contributed by atoms with Crippen LogP contribution in [0.1, 0.15) is 26.6 Å². The zero-order valence-electron chi connectivity index (χ0n) is 13.6. The molecule has 1 amide bonds. The fourth-order valence-electron chi connectivity index (χ4n) is 2.25. The lowest BCUT2D eigenvalue weighted by molar-refractivity contribution is 0.0602. The number of nitrogens with one attached hydrogen (secondary N) is 1. The summed E-state index contributed by atoms with van der Waals surface area (Å²) in [5, 5.41) is 10.4. The summed E-state index contributed by atoms with van der Waals surface area (Å²) in [6, 6.07) is 13.4. The third-order valence-corrected chi connectivity index (χ3v) is 3.50. The van der Waals surface area contributed by atoms with E-state index in [1.165, 1.54) is 7.11 Å². The summed E-state index contributed by atoms with van der Waals surface area (Å²) in [6.07, 6.45) is 0. The number of benzene rings is 2. The number of carbonyl (C=O) groups is 2. The number of nitrogens with zero attached hydrogens (tertiary/aromatic N) is 2. The first kappa shape index (κ1) is 16.4. The largest absolute Gasteiger partial charge is 0.465 e. The number of aryl methyl sites for hydroxylation is 1. The van der Waals surface area contributed by atoms with Crippen molar-refractivity contribution in [3.05, 3.63) is 65.5 Å². The van der Waals surface area contributed by atoms with Crippen molar-refractivity contribution in [2.24, 2.45) is 0 Å². The topological polar surface area (TPSA) is 94.3 Å². The van der Waals surface area contributed by atoms with E-state index < -0.39 is 5.97 Å². The molecule has 0 saturated carbocycles. The summed E-state index contributed by atoms with van der Waals surface area (Å²) < 4.78 is 10.1. The van der Waals surface area contributed by atoms with Crippen molar-refractivity contribution < 1.29 is 18.7 Å². The van der Waals surface area contributed by atoms with Gasteiger partial charge >= 0.3 is 5.97 Å². The van der Waals surface area contributed by atoms with E-state index in [2.05, 4.69) is 15.5 Å². The Kier molecular flexibility index (Phi) is 4.56. The van der Waals surface area contributed by atoms with E-state index in [-0.39, 0.29) is 11.5 Å². The molecule has 0 aliphatic rings. The zero-order valence-corrected chi connectivity index (χ0v) is 13.6. The Balaban J connectivity index is 1.79. The second-order valence-corrected chi connectivity index (χ2v) is 5.19. The van der Waals surface area contributed by atoms with E-state index in [0.717, 1.165) is 0 Å². The molecular formula is C18H15N3O4. The molecule has 0 spiro atoms. The van der Waals surface area contributed by atoms with Gasteiger partial charge < -0.3 is 14.5 Å². The molecule has 3 aromatic rings. The van der Waals surface area contributed by atoms with Crippen LogP contribution in [0.15, 0.2) is 52.9 Å². The number of aromatic nitrogens is 2. The first-order valence-corrected chi connectivity index (χ1v) is 7.47. The molecule has 0 saturated heterocycles. The summed E-state index contributed by atoms with van der Waals surface area (Å²) >= 11 is 0. The highest BCUT2D eigenvalue weighted by Crippen LogP contribution is 2.20. The molecule has 7 nitrogen and oxygen atoms in total. The molecule has 1 aromatic heterocycles. The highest BCUT2D eigenvalue weighted by Gasteiger charge is 2.14. The number of rotatable bonds is 4. The van der Waals surface area contributed by atoms with Crippen LogP contribution in [-0.4, -0.2) is 29.2 Å². The van der Waals surface area contributed by atoms with Gasteiger partial charge in [0.25, 0.3) is 5.91 Å². The van der Waals surface area contributed by atoms with Crippen LogP contribution in [0, 0.1) is 6.92 Å². The van der Waals surface area contributed by atoms with Gasteiger partial charge in [0, 0.05) is 18.1 Å². The second-order valence-electron chi connectivity index (χ2n) is 5.19. The first-order valence-electron chi connectivity index (χ1n) is 7.47. The number of ether oxygens (including phenoxy) is 1. The van der Waals surface area contributed by atoms with Crippen molar-refractivity contribution in [2.75, 3.05) is 12.4 Å². The van der Waals surface area contributed by atoms with Crippen LogP contribution >= 0.6 is 0 Å². The summed E-state index contributed by atoms with van der Waals surface area (Å²) in [5.41, 5.74) is 1.82. The average Bonchev–Trinajstić information content (AvgIpc) is 3.08. The van der Waals surface area contributed by atoms with Crippen molar-refractivity contribution in [1.82, 2.24) is 10.2 Å². The SMILES string of the molecule is COC(=O)c1ccccc1NC(=O)c1ccc(-c2nnc(C)o2)cc1. The Hall–Kier alpha value is -3.48. The molecule has 0 aliphatic carbocycles. The zero-order chi connectivity index (χ0) is 17.8. The number of hydrogen-bond acceptors (Lipinski definition) is 6. The molecule has 25 heavy (non-hydrogen) atoms. The van der Waals surface area contributed by atoms with Gasteiger partial charge in [-0.05, 0) is 36.4 Å². The lowest BCUT2D eigenvalue weighted by Crippen LogP contribution is -2.15. The van der Waals surface area contributed by atoms with Crippen LogP contribution in [0.2, 0.25) is 0 Å². The molecule has 126 valence electrons. The number of anilines is 1. The van der Waals surface area contributed by atoms with Gasteiger partial charge in [-0.3, -0.25) is 4.79 Å². The number of amides is 1. The second kappa shape index (κ2) is 6.96. The van der Waals surface area contributed by atoms with Gasteiger partial charge in [0.2, 0.25) is 11.8 Å². The van der Waals surface area contributed by atoms with Crippen molar-refractivity contribution >= 4 is 17.6 Å². The van der Waals surface area contributed by atoms with E-state index >= 15 is 0 Å². The predicted molar refractivity (Wildman–Crippen MR) is 90.2 cm³/mol. The molecule has 3 rings (SSSR count). The number of methoxy groups -OCH3 is 1. The van der Waals surface area contributed by atoms with Gasteiger partial charge in [-0.25, -0.2) is 4.79 Å². The van der Waals surface area contributed by atoms with Gasteiger partial charge in [-0.1, -0.05) is 12.1 Å². The predicted octanol–water partition coefficient (Wildman–Crippen LogP) is 3.08. The molecule has 1 heterocycles. The van der Waals surface area contributed by atoms with E-state index in [1.807, 2.05) is 0 Å². The Morgan fingerprint density at radius 3 is 2.40 bits per heavy atom. The molecule has 0 aliphatic heterocycles. The van der Waals surface area contributed by atoms with E-state index in [1.54, 1.807) is 55.5 Å². The lowest BCUT2D eigenvalue weighted by Gasteiger charge is -2.09. The minimum absolute atomic E-state index is 0.288. The number of para-hydroxylation sites is 1. The van der Waals surface area contributed by atoms with E-state index in [9.17, 15) is 9.59 Å². The summed E-state index contributed by atoms with van der Waals surface area (Å²) in [6.45, 7) is 1.71. The maximum atomic E-state index is 12.4. The molecule has 0 bridgehead atoms. The first-order chi connectivity index (χ1) is 12.1. The van der Waals surface area contributed by atoms with Gasteiger partial charge in [0.1, 0.15) is 0 Å². The Bertz CT molecular complexity index is 916. The lowest BCUT2D eigenvalue weighted by atomic mass is 10.1. The van der Waals surface area contributed by atoms with Gasteiger partial charge in [-0.2, -0.15) is 0 Å². The van der Waals surface area contributed by atoms with Crippen LogP contribution in [0.3, 0.4) is 0 Å². The van der Waals surface area contributed by atoms with Crippen LogP contribution in [0.25, 0.3) is 11.5 Å². The normalized spacial score (nSPS) is 10.3. The van der Waals surface area contributed by atoms with Gasteiger partial charge in [0.15, 0.2) is 0 Å². The number of carbonyl (C=O) groups excluding carboxylic acids is 2. The third kappa shape index (κ3) is 3.55. The Morgan fingerprint density at radius 1 is 1.04 bits per heavy atom. The van der Waals surface area contributed by atoms with Gasteiger partial charge in [-0.15, -0.1) is 10.2 Å². The third-order valence-electron chi connectivity index (χ3n) is 3.50. The van der Waals surface area contributed by atoms with Crippen molar-refractivity contribution in [3.63, 3.8) is 0 Å². The summed E-state index contributed by atoms with van der Waals surface area (Å²) in [4.78, 5) is 24.2. The minimum atomic E-state index is -0.516. The standard InChI is InChI=1S/C18H15N3O4/c1-11-20-21-17(25-11)13-9-7-12(8-10-13)16(22)19-15-6-4-3-5-14(15)18(23)24-2/h3-10H,1-2H3,(H,19,22). The van der Waals surface area contributed by atoms with E-state index in [4.69, 9.17) is 9.15 Å². The molecule has 0 unspecified atom stereocenters. The molecule has 0 fully saturated rings. The average molecular weight is 337 g/mol. The fraction of sp³-hybridized carbons (Fsp3) is 0.111. The van der Waals surface area contributed by atoms with Crippen molar-refractivity contribution in [1.29, 1.82) is 0 Å². The van der Waals surface area contributed by atoms with Crippen LogP contribution in [0.5, 0.6) is 0 Å². The summed E-state index contributed by atoms with van der Waals surface area (Å²) in [7, 11) is 1.29. The quantitative estimate of drug-likeness (QED) is 0.735. The molecule has 7 heteroatoms. The maximum Gasteiger partial charge on any atom is 0.339 e. The summed E-state index contributed by atoms with van der Waals surface area (Å²) in [5.74, 6) is -0.000596. The Morgan fingerprint density at radius 2 is 1.76 bits per heavy atom. The molecule has 0 atom stereocenters. The number of esters is 1. The number of hydrogen-bond donors (Lipinski definition) is 1. The molecule has 2 aromatic carbocycles. The van der Waals surface area contributed by atoms with Crippen molar-refractivity contribution in [3.8, 4) is 11.5 Å². The van der Waals surface area contributed by atoms with Crippen LogP contribution in [-0.2, 0) is 4.74 Å². The van der Waals surface area contributed by atoms with E-state index in [0.29, 0.717) is 28.6 Å². The smallest absolute Gasteiger partial charge is 0.339 e. The monoisotopic (exact) mass is 337 g/mol.